The summed E-state index contributed by atoms with van der Waals surface area (Å²) in [6.45, 7) is 0. The van der Waals surface area contributed by atoms with Crippen LogP contribution in [0.5, 0.6) is 0 Å². The average molecular weight is 696 g/mol. The van der Waals surface area contributed by atoms with Gasteiger partial charge in [-0.25, -0.2) is 0 Å². The zero-order valence-electron chi connectivity index (χ0n) is 30.4. The SMILES string of the molecule is C1=CCCC(C2CC=CC3=C2OC2=C(C(C4=CC=CC5C6C=CC=CC6N(c6ccccc6)C45)CC=C2)C3C2C3C=CC=CC3OC3CC=CCC32)=C1. The summed E-state index contributed by atoms with van der Waals surface area (Å²) in [6.07, 6.45) is 54.3. The first kappa shape index (κ1) is 31.9. The minimum absolute atomic E-state index is 0.104. The summed E-state index contributed by atoms with van der Waals surface area (Å²) >= 11 is 0. The molecule has 7 aliphatic carbocycles. The van der Waals surface area contributed by atoms with Gasteiger partial charge in [-0.2, -0.15) is 0 Å². The lowest BCUT2D eigenvalue weighted by molar-refractivity contribution is -0.123. The Balaban J connectivity index is 1.08. The van der Waals surface area contributed by atoms with E-state index in [9.17, 15) is 0 Å². The van der Waals surface area contributed by atoms with Gasteiger partial charge in [-0.15, -0.1) is 0 Å². The molecule has 0 spiro atoms. The molecule has 0 saturated carbocycles. The maximum atomic E-state index is 7.39. The first-order valence-corrected chi connectivity index (χ1v) is 20.4. The number of ether oxygens (including phenoxy) is 2. The topological polar surface area (TPSA) is 21.7 Å². The molecule has 3 heteroatoms. The van der Waals surface area contributed by atoms with E-state index in [0.29, 0.717) is 35.6 Å². The van der Waals surface area contributed by atoms with Crippen LogP contribution in [0.2, 0.25) is 0 Å². The molecule has 11 rings (SSSR count). The van der Waals surface area contributed by atoms with Crippen LogP contribution in [0, 0.1) is 47.3 Å². The second-order valence-corrected chi connectivity index (χ2v) is 16.6. The zero-order valence-corrected chi connectivity index (χ0v) is 30.4. The van der Waals surface area contributed by atoms with Crippen LogP contribution in [0.3, 0.4) is 0 Å². The Morgan fingerprint density at radius 3 is 2.38 bits per heavy atom. The fourth-order valence-corrected chi connectivity index (χ4v) is 12.0. The normalized spacial score (nSPS) is 39.8. The number of rotatable bonds is 4. The highest BCUT2D eigenvalue weighted by molar-refractivity contribution is 5.60. The van der Waals surface area contributed by atoms with E-state index in [1.165, 1.54) is 28.2 Å². The van der Waals surface area contributed by atoms with Crippen molar-refractivity contribution >= 4 is 5.69 Å². The maximum absolute atomic E-state index is 7.39. The Morgan fingerprint density at radius 2 is 1.47 bits per heavy atom. The summed E-state index contributed by atoms with van der Waals surface area (Å²) < 4.78 is 14.4. The van der Waals surface area contributed by atoms with Gasteiger partial charge >= 0.3 is 0 Å². The number of anilines is 1. The molecule has 0 radical (unpaired) electrons. The van der Waals surface area contributed by atoms with Gasteiger partial charge in [0.2, 0.25) is 0 Å². The van der Waals surface area contributed by atoms with Crippen LogP contribution in [0.1, 0.15) is 38.5 Å². The average Bonchev–Trinajstić information content (AvgIpc) is 3.57. The van der Waals surface area contributed by atoms with E-state index in [1.807, 2.05) is 0 Å². The Kier molecular flexibility index (Phi) is 7.86. The van der Waals surface area contributed by atoms with Crippen molar-refractivity contribution < 1.29 is 9.47 Å². The highest BCUT2D eigenvalue weighted by atomic mass is 16.5. The first-order chi connectivity index (χ1) is 26.3. The molecular formula is C50H49NO2. The predicted octanol–water partition coefficient (Wildman–Crippen LogP) is 10.8. The molecular weight excluding hydrogens is 647 g/mol. The second-order valence-electron chi connectivity index (χ2n) is 16.6. The first-order valence-electron chi connectivity index (χ1n) is 20.4. The minimum atomic E-state index is 0.104. The molecule has 1 aromatic rings. The summed E-state index contributed by atoms with van der Waals surface area (Å²) in [5.74, 6) is 5.12. The van der Waals surface area contributed by atoms with Crippen LogP contribution >= 0.6 is 0 Å². The fraction of sp³-hybridized carbons (Fsp3) is 0.360. The third-order valence-corrected chi connectivity index (χ3v) is 14.2. The van der Waals surface area contributed by atoms with Crippen molar-refractivity contribution in [3.05, 3.63) is 186 Å². The molecule has 0 N–H and O–H groups in total. The van der Waals surface area contributed by atoms with Gasteiger partial charge in [-0.3, -0.25) is 0 Å². The molecule has 266 valence electrons. The fourth-order valence-electron chi connectivity index (χ4n) is 12.0. The molecule has 3 nitrogen and oxygen atoms in total. The van der Waals surface area contributed by atoms with Gasteiger partial charge < -0.3 is 14.4 Å². The van der Waals surface area contributed by atoms with Gasteiger partial charge in [-0.1, -0.05) is 139 Å². The van der Waals surface area contributed by atoms with Gasteiger partial charge in [0.1, 0.15) is 11.5 Å². The number of nitrogens with zero attached hydrogens (tertiary/aromatic N) is 1. The van der Waals surface area contributed by atoms with E-state index in [0.717, 1.165) is 44.3 Å². The number of hydrogen-bond acceptors (Lipinski definition) is 3. The third kappa shape index (κ3) is 5.10. The van der Waals surface area contributed by atoms with E-state index in [1.54, 1.807) is 5.57 Å². The molecule has 0 bridgehead atoms. The van der Waals surface area contributed by atoms with Gasteiger partial charge in [0.25, 0.3) is 0 Å². The van der Waals surface area contributed by atoms with Crippen molar-refractivity contribution in [1.82, 2.24) is 0 Å². The lowest BCUT2D eigenvalue weighted by atomic mass is 9.57. The smallest absolute Gasteiger partial charge is 0.127 e. The number of para-hydroxylation sites is 1. The zero-order chi connectivity index (χ0) is 34.9. The number of fused-ring (bicyclic) bond motifs is 5. The Labute approximate surface area is 314 Å². The van der Waals surface area contributed by atoms with Gasteiger partial charge in [0, 0.05) is 41.2 Å². The summed E-state index contributed by atoms with van der Waals surface area (Å²) in [6, 6.07) is 11.8. The van der Waals surface area contributed by atoms with Crippen molar-refractivity contribution in [2.24, 2.45) is 47.3 Å². The van der Waals surface area contributed by atoms with Crippen molar-refractivity contribution in [2.45, 2.75) is 62.8 Å². The van der Waals surface area contributed by atoms with Gasteiger partial charge in [0.05, 0.1) is 24.3 Å². The molecule has 0 aromatic heterocycles. The lowest BCUT2D eigenvalue weighted by Gasteiger charge is -2.53. The Hall–Kier alpha value is -4.60. The molecule has 3 heterocycles. The predicted molar refractivity (Wildman–Crippen MR) is 214 cm³/mol. The molecule has 12 unspecified atom stereocenters. The van der Waals surface area contributed by atoms with E-state index in [2.05, 4.69) is 157 Å². The van der Waals surface area contributed by atoms with Crippen LogP contribution in [0.15, 0.2) is 186 Å². The number of benzene rings is 1. The van der Waals surface area contributed by atoms with Gasteiger partial charge in [0.15, 0.2) is 0 Å². The largest absolute Gasteiger partial charge is 0.461 e. The van der Waals surface area contributed by atoms with Crippen LogP contribution in [0.4, 0.5) is 5.69 Å². The summed E-state index contributed by atoms with van der Waals surface area (Å²) in [7, 11) is 0. The van der Waals surface area contributed by atoms with Crippen LogP contribution in [0.25, 0.3) is 0 Å². The number of hydrogen-bond donors (Lipinski definition) is 0. The molecule has 2 fully saturated rings. The molecule has 12 atom stereocenters. The van der Waals surface area contributed by atoms with Gasteiger partial charge in [-0.05, 0) is 85.3 Å². The van der Waals surface area contributed by atoms with Crippen molar-refractivity contribution in [3.8, 4) is 0 Å². The van der Waals surface area contributed by atoms with Crippen LogP contribution < -0.4 is 4.90 Å². The highest BCUT2D eigenvalue weighted by Gasteiger charge is 2.55. The Bertz CT molecular complexity index is 2070. The highest BCUT2D eigenvalue weighted by Crippen LogP contribution is 2.59. The standard InChI is InChI=1S/C50H49NO2/c1-3-16-32(17-4-1)34-23-13-27-41-48(46-39-21-8-11-29-43(39)52-44-30-12-9-22-40(44)46)47-36(24-15-31-45(47)53-50(34)41)38-26-14-25-37-35-20-7-10-28-42(35)51(49(37)38)33-18-5-2-6-19-33/h1-3,5-16,18-21,25-29,31,34-37,39-40,42-44,46,48-49H,4,17,22-24,30H2. The summed E-state index contributed by atoms with van der Waals surface area (Å²) in [4.78, 5) is 2.76. The van der Waals surface area contributed by atoms with E-state index >= 15 is 0 Å². The van der Waals surface area contributed by atoms with E-state index in [4.69, 9.17) is 9.47 Å². The van der Waals surface area contributed by atoms with Crippen molar-refractivity contribution in [3.63, 3.8) is 0 Å². The summed E-state index contributed by atoms with van der Waals surface area (Å²) in [5.41, 5.74) is 7.33. The maximum Gasteiger partial charge on any atom is 0.127 e. The van der Waals surface area contributed by atoms with Crippen LogP contribution in [-0.2, 0) is 9.47 Å². The second kappa shape index (κ2) is 13.1. The van der Waals surface area contributed by atoms with Crippen molar-refractivity contribution in [2.75, 3.05) is 4.90 Å². The van der Waals surface area contributed by atoms with E-state index in [-0.39, 0.29) is 36.0 Å². The third-order valence-electron chi connectivity index (χ3n) is 14.2. The molecule has 2 saturated heterocycles. The van der Waals surface area contributed by atoms with Crippen LogP contribution in [-0.4, -0.2) is 24.3 Å². The number of allylic oxidation sites excluding steroid dienone is 17. The van der Waals surface area contributed by atoms with Crippen molar-refractivity contribution in [1.29, 1.82) is 0 Å². The van der Waals surface area contributed by atoms with E-state index < -0.39 is 0 Å². The monoisotopic (exact) mass is 695 g/mol. The molecule has 10 aliphatic rings. The lowest BCUT2D eigenvalue weighted by Crippen LogP contribution is -2.52. The quantitative estimate of drug-likeness (QED) is 0.293. The molecule has 3 aliphatic heterocycles. The molecule has 53 heavy (non-hydrogen) atoms. The summed E-state index contributed by atoms with van der Waals surface area (Å²) in [5, 5.41) is 0. The molecule has 1 aromatic carbocycles. The Morgan fingerprint density at radius 1 is 0.660 bits per heavy atom. The molecule has 0 amide bonds. The minimum Gasteiger partial charge on any atom is -0.461 e.